The van der Waals surface area contributed by atoms with E-state index in [9.17, 15) is 9.18 Å². The minimum Gasteiger partial charge on any atom is -0.395 e. The first-order chi connectivity index (χ1) is 13.5. The van der Waals surface area contributed by atoms with Crippen LogP contribution in [0.3, 0.4) is 0 Å². The molecule has 2 aromatic rings. The second kappa shape index (κ2) is 8.63. The fourth-order valence-electron chi connectivity index (χ4n) is 2.77. The Kier molecular flexibility index (Phi) is 6.01. The molecular weight excluding hydrogens is 357 g/mol. The minimum absolute atomic E-state index is 0.0894. The van der Waals surface area contributed by atoms with Crippen molar-refractivity contribution in [3.05, 3.63) is 77.2 Å². The summed E-state index contributed by atoms with van der Waals surface area (Å²) in [6, 6.07) is 13.8. The number of benzene rings is 2. The van der Waals surface area contributed by atoms with Gasteiger partial charge in [-0.2, -0.15) is 0 Å². The number of aliphatic imine (C=N–C) groups is 1. The smallest absolute Gasteiger partial charge is 0.277 e. The molecule has 5 nitrogen and oxygen atoms in total. The molecule has 0 aromatic heterocycles. The Morgan fingerprint density at radius 1 is 1.07 bits per heavy atom. The number of hydrogen-bond acceptors (Lipinski definition) is 4. The van der Waals surface area contributed by atoms with Gasteiger partial charge in [0.2, 0.25) is 0 Å². The van der Waals surface area contributed by atoms with E-state index >= 15 is 0 Å². The van der Waals surface area contributed by atoms with Gasteiger partial charge >= 0.3 is 0 Å². The summed E-state index contributed by atoms with van der Waals surface area (Å²) in [7, 11) is 3.58. The van der Waals surface area contributed by atoms with Crippen molar-refractivity contribution in [1.29, 1.82) is 0 Å². The van der Waals surface area contributed by atoms with Crippen molar-refractivity contribution in [3.63, 3.8) is 0 Å². The van der Waals surface area contributed by atoms with E-state index in [2.05, 4.69) is 4.99 Å². The molecule has 0 saturated carbocycles. The molecule has 6 heteroatoms. The molecule has 0 spiro atoms. The number of aliphatic hydroxyl groups is 1. The molecule has 3 rings (SSSR count). The highest BCUT2D eigenvalue weighted by molar-refractivity contribution is 6.18. The number of hydrogen-bond donors (Lipinski definition) is 1. The summed E-state index contributed by atoms with van der Waals surface area (Å²) in [6.45, 7) is 0.643. The van der Waals surface area contributed by atoms with Gasteiger partial charge in [-0.05, 0) is 47.5 Å². The predicted octanol–water partition coefficient (Wildman–Crippen LogP) is 3.18. The third-order valence-electron chi connectivity index (χ3n) is 4.47. The standard InChI is InChI=1S/C22H22FN3O2/c1-25(13-14-27)19-10-5-17(6-11-19)15-20-22(28)26(2)21(24-20)12-7-16-3-8-18(23)9-4-16/h3-12,15,27H,13-14H2,1-2H3/b12-7+,20-15-. The van der Waals surface area contributed by atoms with Gasteiger partial charge in [0.05, 0.1) is 6.61 Å². The molecule has 0 unspecified atom stereocenters. The first kappa shape index (κ1) is 19.5. The van der Waals surface area contributed by atoms with Crippen LogP contribution in [0.4, 0.5) is 10.1 Å². The van der Waals surface area contributed by atoms with Gasteiger partial charge in [-0.3, -0.25) is 9.69 Å². The molecule has 144 valence electrons. The fraction of sp³-hybridized carbons (Fsp3) is 0.182. The number of rotatable bonds is 6. The van der Waals surface area contributed by atoms with Crippen LogP contribution in [0, 0.1) is 5.82 Å². The maximum absolute atomic E-state index is 13.0. The monoisotopic (exact) mass is 379 g/mol. The lowest BCUT2D eigenvalue weighted by Crippen LogP contribution is -2.26. The number of aliphatic hydroxyl groups excluding tert-OH is 1. The van der Waals surface area contributed by atoms with Crippen LogP contribution < -0.4 is 4.90 Å². The number of carbonyl (C=O) groups excluding carboxylic acids is 1. The van der Waals surface area contributed by atoms with Crippen LogP contribution in [0.1, 0.15) is 11.1 Å². The van der Waals surface area contributed by atoms with E-state index in [4.69, 9.17) is 5.11 Å². The van der Waals surface area contributed by atoms with Gasteiger partial charge in [0.1, 0.15) is 17.3 Å². The maximum atomic E-state index is 13.0. The summed E-state index contributed by atoms with van der Waals surface area (Å²) in [6.07, 6.45) is 5.27. The zero-order valence-electron chi connectivity index (χ0n) is 15.8. The largest absolute Gasteiger partial charge is 0.395 e. The first-order valence-electron chi connectivity index (χ1n) is 8.92. The van der Waals surface area contributed by atoms with Crippen LogP contribution in [-0.2, 0) is 4.79 Å². The molecular formula is C22H22FN3O2. The van der Waals surface area contributed by atoms with Crippen LogP contribution in [0.15, 0.2) is 65.3 Å². The number of carbonyl (C=O) groups is 1. The number of halogens is 1. The first-order valence-corrected chi connectivity index (χ1v) is 8.92. The molecule has 0 bridgehead atoms. The van der Waals surface area contributed by atoms with Crippen molar-refractivity contribution in [1.82, 2.24) is 4.90 Å². The average molecular weight is 379 g/mol. The molecule has 28 heavy (non-hydrogen) atoms. The van der Waals surface area contributed by atoms with Gasteiger partial charge in [-0.1, -0.05) is 30.3 Å². The molecule has 1 amide bonds. The normalized spacial score (nSPS) is 15.6. The number of amidine groups is 1. The number of nitrogens with zero attached hydrogens (tertiary/aromatic N) is 3. The van der Waals surface area contributed by atoms with Gasteiger partial charge < -0.3 is 10.0 Å². The van der Waals surface area contributed by atoms with E-state index in [-0.39, 0.29) is 18.3 Å². The van der Waals surface area contributed by atoms with E-state index in [1.807, 2.05) is 36.2 Å². The highest BCUT2D eigenvalue weighted by Gasteiger charge is 2.25. The van der Waals surface area contributed by atoms with Crippen LogP contribution >= 0.6 is 0 Å². The van der Waals surface area contributed by atoms with Crippen molar-refractivity contribution in [2.45, 2.75) is 0 Å². The lowest BCUT2D eigenvalue weighted by atomic mass is 10.1. The van der Waals surface area contributed by atoms with Crippen LogP contribution in [-0.4, -0.2) is 49.0 Å². The molecule has 2 aromatic carbocycles. The number of likely N-dealkylation sites (N-methyl/N-ethyl adjacent to an activating group) is 2. The molecule has 1 N–H and O–H groups in total. The van der Waals surface area contributed by atoms with Crippen LogP contribution in [0.2, 0.25) is 0 Å². The Balaban J connectivity index is 1.78. The van der Waals surface area contributed by atoms with Crippen molar-refractivity contribution in [2.75, 3.05) is 32.1 Å². The Hall–Kier alpha value is -3.25. The van der Waals surface area contributed by atoms with Crippen molar-refractivity contribution in [3.8, 4) is 0 Å². The van der Waals surface area contributed by atoms with E-state index < -0.39 is 0 Å². The zero-order valence-corrected chi connectivity index (χ0v) is 15.8. The quantitative estimate of drug-likeness (QED) is 0.785. The second-order valence-electron chi connectivity index (χ2n) is 6.49. The van der Waals surface area contributed by atoms with Gasteiger partial charge in [0, 0.05) is 26.3 Å². The maximum Gasteiger partial charge on any atom is 0.277 e. The summed E-state index contributed by atoms with van der Waals surface area (Å²) in [4.78, 5) is 20.3. The summed E-state index contributed by atoms with van der Waals surface area (Å²) in [5.41, 5.74) is 3.03. The van der Waals surface area contributed by atoms with Crippen LogP contribution in [0.25, 0.3) is 12.2 Å². The predicted molar refractivity (Wildman–Crippen MR) is 110 cm³/mol. The average Bonchev–Trinajstić information content (AvgIpc) is 2.96. The van der Waals surface area contributed by atoms with Gasteiger partial charge in [-0.15, -0.1) is 0 Å². The van der Waals surface area contributed by atoms with E-state index in [0.29, 0.717) is 18.1 Å². The number of anilines is 1. The van der Waals surface area contributed by atoms with E-state index in [1.54, 1.807) is 37.4 Å². The van der Waals surface area contributed by atoms with Gasteiger partial charge in [0.15, 0.2) is 0 Å². The second-order valence-corrected chi connectivity index (χ2v) is 6.49. The van der Waals surface area contributed by atoms with Gasteiger partial charge in [-0.25, -0.2) is 9.38 Å². The molecule has 1 aliphatic heterocycles. The van der Waals surface area contributed by atoms with E-state index in [1.165, 1.54) is 17.0 Å². The zero-order chi connectivity index (χ0) is 20.1. The number of amides is 1. The minimum atomic E-state index is -0.290. The van der Waals surface area contributed by atoms with Crippen molar-refractivity contribution in [2.24, 2.45) is 4.99 Å². The van der Waals surface area contributed by atoms with Crippen molar-refractivity contribution < 1.29 is 14.3 Å². The lowest BCUT2D eigenvalue weighted by molar-refractivity contribution is -0.121. The van der Waals surface area contributed by atoms with Gasteiger partial charge in [0.25, 0.3) is 5.91 Å². The lowest BCUT2D eigenvalue weighted by Gasteiger charge is -2.17. The third-order valence-corrected chi connectivity index (χ3v) is 4.47. The Morgan fingerprint density at radius 2 is 1.71 bits per heavy atom. The highest BCUT2D eigenvalue weighted by Crippen LogP contribution is 2.20. The highest BCUT2D eigenvalue weighted by atomic mass is 19.1. The van der Waals surface area contributed by atoms with Crippen LogP contribution in [0.5, 0.6) is 0 Å². The fourth-order valence-corrected chi connectivity index (χ4v) is 2.77. The topological polar surface area (TPSA) is 56.1 Å². The van der Waals surface area contributed by atoms with E-state index in [0.717, 1.165) is 16.8 Å². The summed E-state index contributed by atoms with van der Waals surface area (Å²) in [5, 5.41) is 9.02. The summed E-state index contributed by atoms with van der Waals surface area (Å²) >= 11 is 0. The molecule has 1 heterocycles. The molecule has 0 fully saturated rings. The molecule has 1 aliphatic rings. The molecule has 0 atom stereocenters. The SMILES string of the molecule is CN1C(=O)/C(=C/c2ccc(N(C)CCO)cc2)N=C1/C=C/c1ccc(F)cc1. The Labute approximate surface area is 163 Å². The molecule has 0 radical (unpaired) electrons. The third kappa shape index (κ3) is 4.53. The summed E-state index contributed by atoms with van der Waals surface area (Å²) < 4.78 is 13.0. The Bertz CT molecular complexity index is 931. The summed E-state index contributed by atoms with van der Waals surface area (Å²) in [5.74, 6) is 0.0570. The molecule has 0 aliphatic carbocycles. The Morgan fingerprint density at radius 3 is 2.36 bits per heavy atom. The van der Waals surface area contributed by atoms with Crippen molar-refractivity contribution >= 4 is 29.6 Å². The molecule has 0 saturated heterocycles.